The molecule has 0 spiro atoms. The summed E-state index contributed by atoms with van der Waals surface area (Å²) in [6.45, 7) is 3.46. The molecule has 0 aliphatic carbocycles. The third-order valence-electron chi connectivity index (χ3n) is 6.03. The van der Waals surface area contributed by atoms with Crippen molar-refractivity contribution in [3.63, 3.8) is 0 Å². The number of hydrazine groups is 1. The van der Waals surface area contributed by atoms with Crippen molar-refractivity contribution in [2.45, 2.75) is 38.0 Å². The van der Waals surface area contributed by atoms with Gasteiger partial charge in [-0.25, -0.2) is 5.01 Å². The Bertz CT molecular complexity index is 1210. The van der Waals surface area contributed by atoms with Gasteiger partial charge in [-0.2, -0.15) is 11.8 Å². The van der Waals surface area contributed by atoms with E-state index >= 15 is 0 Å². The van der Waals surface area contributed by atoms with Crippen LogP contribution in [0.3, 0.4) is 0 Å². The van der Waals surface area contributed by atoms with Crippen molar-refractivity contribution in [3.8, 4) is 11.1 Å². The van der Waals surface area contributed by atoms with Crippen molar-refractivity contribution in [1.82, 2.24) is 10.7 Å². The number of hydrogen-bond acceptors (Lipinski definition) is 4. The van der Waals surface area contributed by atoms with Crippen LogP contribution >= 0.6 is 11.8 Å². The van der Waals surface area contributed by atoms with E-state index in [2.05, 4.69) is 22.9 Å². The van der Waals surface area contributed by atoms with Crippen LogP contribution in [-0.2, 0) is 20.1 Å². The number of nitrogens with zero attached hydrogens (tertiary/aromatic N) is 1. The predicted octanol–water partition coefficient (Wildman–Crippen LogP) is 4.66. The number of thioether (sulfide) groups is 1. The van der Waals surface area contributed by atoms with Gasteiger partial charge in [-0.05, 0) is 36.6 Å². The first kappa shape index (κ1) is 24.5. The van der Waals surface area contributed by atoms with Crippen molar-refractivity contribution >= 4 is 35.2 Å². The Morgan fingerprint density at radius 3 is 2.37 bits per heavy atom. The van der Waals surface area contributed by atoms with E-state index in [9.17, 15) is 14.4 Å². The van der Waals surface area contributed by atoms with Gasteiger partial charge in [-0.3, -0.25) is 19.8 Å². The van der Waals surface area contributed by atoms with E-state index in [1.165, 1.54) is 10.6 Å². The van der Waals surface area contributed by atoms with Crippen LogP contribution in [0.2, 0.25) is 0 Å². The lowest BCUT2D eigenvalue weighted by Crippen LogP contribution is -2.54. The number of benzene rings is 3. The van der Waals surface area contributed by atoms with E-state index < -0.39 is 17.9 Å². The maximum atomic E-state index is 13.4. The molecule has 1 aliphatic heterocycles. The highest BCUT2D eigenvalue weighted by atomic mass is 32.2. The lowest BCUT2D eigenvalue weighted by molar-refractivity contribution is -0.130. The zero-order valence-electron chi connectivity index (χ0n) is 19.9. The molecule has 2 N–H and O–H groups in total. The molecule has 3 amide bonds. The lowest BCUT2D eigenvalue weighted by Gasteiger charge is -2.27. The molecular formula is C28H29N3O3S. The molecule has 3 aromatic carbocycles. The van der Waals surface area contributed by atoms with Gasteiger partial charge in [0.05, 0.1) is 11.6 Å². The average Bonchev–Trinajstić information content (AvgIpc) is 2.97. The molecule has 1 heterocycles. The highest BCUT2D eigenvalue weighted by molar-refractivity contribution is 7.98. The van der Waals surface area contributed by atoms with E-state index in [1.807, 2.05) is 73.7 Å². The monoisotopic (exact) mass is 487 g/mol. The first-order chi connectivity index (χ1) is 17.0. The minimum absolute atomic E-state index is 0.198. The Hall–Kier alpha value is -3.58. The van der Waals surface area contributed by atoms with Crippen LogP contribution in [0.5, 0.6) is 0 Å². The fourth-order valence-electron chi connectivity index (χ4n) is 4.09. The Labute approximate surface area is 210 Å². The second-order valence-corrected chi connectivity index (χ2v) is 9.66. The zero-order chi connectivity index (χ0) is 24.8. The minimum atomic E-state index is -0.789. The molecule has 35 heavy (non-hydrogen) atoms. The van der Waals surface area contributed by atoms with E-state index in [-0.39, 0.29) is 11.8 Å². The number of hydrogen-bond donors (Lipinski definition) is 2. The van der Waals surface area contributed by atoms with Gasteiger partial charge in [0.2, 0.25) is 5.91 Å². The topological polar surface area (TPSA) is 78.5 Å². The number of anilines is 1. The van der Waals surface area contributed by atoms with Gasteiger partial charge in [-0.1, -0.05) is 72.8 Å². The van der Waals surface area contributed by atoms with E-state index in [1.54, 1.807) is 18.7 Å². The summed E-state index contributed by atoms with van der Waals surface area (Å²) >= 11 is 1.67. The maximum absolute atomic E-state index is 13.4. The number of fused-ring (bicyclic) bond motifs is 3. The number of carbonyl (C=O) groups excluding carboxylic acids is 3. The van der Waals surface area contributed by atoms with Crippen LogP contribution in [-0.4, -0.2) is 29.5 Å². The van der Waals surface area contributed by atoms with Gasteiger partial charge in [-0.15, -0.1) is 0 Å². The Kier molecular flexibility index (Phi) is 7.87. The van der Waals surface area contributed by atoms with Crippen molar-refractivity contribution in [2.24, 2.45) is 0 Å². The van der Waals surface area contributed by atoms with E-state index in [4.69, 9.17) is 0 Å². The van der Waals surface area contributed by atoms with Gasteiger partial charge in [0.25, 0.3) is 11.8 Å². The molecule has 0 aromatic heterocycles. The molecule has 0 saturated carbocycles. The molecule has 0 bridgehead atoms. The second-order valence-electron chi connectivity index (χ2n) is 8.55. The van der Waals surface area contributed by atoms with Gasteiger partial charge >= 0.3 is 0 Å². The smallest absolute Gasteiger partial charge is 0.261 e. The fourth-order valence-corrected chi connectivity index (χ4v) is 4.99. The molecule has 0 radical (unpaired) electrons. The number of para-hydroxylation sites is 1. The standard InChI is InChI=1S/C28H29N3O3S/c1-19-22-12-6-7-13-23(22)24-14-8-9-15-25(24)31(28(19)34)30-27(33)20(2)29-26(32)16-17-35-18-21-10-4-3-5-11-21/h3-15,19-20H,16-18H2,1-2H3,(H,29,32)(H,30,33)/t19?,20-/m0/s1. The third kappa shape index (κ3) is 5.74. The van der Waals surface area contributed by atoms with Crippen LogP contribution in [0.1, 0.15) is 37.3 Å². The van der Waals surface area contributed by atoms with Crippen LogP contribution in [0, 0.1) is 0 Å². The predicted molar refractivity (Wildman–Crippen MR) is 141 cm³/mol. The maximum Gasteiger partial charge on any atom is 0.261 e. The quantitative estimate of drug-likeness (QED) is 0.453. The number of rotatable bonds is 8. The molecule has 1 aliphatic rings. The number of carbonyl (C=O) groups is 3. The highest BCUT2D eigenvalue weighted by Gasteiger charge is 2.33. The first-order valence-electron chi connectivity index (χ1n) is 11.7. The van der Waals surface area contributed by atoms with E-state index in [0.717, 1.165) is 22.4 Å². The summed E-state index contributed by atoms with van der Waals surface area (Å²) < 4.78 is 0. The van der Waals surface area contributed by atoms with Crippen LogP contribution in [0.25, 0.3) is 11.1 Å². The average molecular weight is 488 g/mol. The molecule has 4 rings (SSSR count). The Balaban J connectivity index is 1.38. The van der Waals surface area contributed by atoms with Gasteiger partial charge in [0, 0.05) is 23.5 Å². The first-order valence-corrected chi connectivity index (χ1v) is 12.8. The van der Waals surface area contributed by atoms with Crippen LogP contribution in [0.4, 0.5) is 5.69 Å². The summed E-state index contributed by atoms with van der Waals surface area (Å²) in [6.07, 6.45) is 0.312. The van der Waals surface area contributed by atoms with Crippen molar-refractivity contribution in [2.75, 3.05) is 10.8 Å². The molecule has 0 saturated heterocycles. The highest BCUT2D eigenvalue weighted by Crippen LogP contribution is 2.39. The van der Waals surface area contributed by atoms with Gasteiger partial charge in [0.1, 0.15) is 6.04 Å². The molecule has 1 unspecified atom stereocenters. The SMILES string of the molecule is CC1C(=O)N(NC(=O)[C@H](C)NC(=O)CCSCc2ccccc2)c2ccccc2-c2ccccc21. The van der Waals surface area contributed by atoms with Crippen LogP contribution < -0.4 is 15.8 Å². The molecular weight excluding hydrogens is 458 g/mol. The largest absolute Gasteiger partial charge is 0.344 e. The van der Waals surface area contributed by atoms with Crippen molar-refractivity contribution in [1.29, 1.82) is 0 Å². The fraction of sp³-hybridized carbons (Fsp3) is 0.250. The summed E-state index contributed by atoms with van der Waals surface area (Å²) in [5.74, 6) is 0.175. The number of amides is 3. The lowest BCUT2D eigenvalue weighted by atomic mass is 9.92. The molecule has 6 nitrogen and oxygen atoms in total. The molecule has 2 atom stereocenters. The van der Waals surface area contributed by atoms with Crippen molar-refractivity contribution < 1.29 is 14.4 Å². The zero-order valence-corrected chi connectivity index (χ0v) is 20.7. The molecule has 3 aromatic rings. The van der Waals surface area contributed by atoms with E-state index in [0.29, 0.717) is 17.9 Å². The van der Waals surface area contributed by atoms with Gasteiger partial charge < -0.3 is 5.32 Å². The van der Waals surface area contributed by atoms with Crippen molar-refractivity contribution in [3.05, 3.63) is 90.0 Å². The minimum Gasteiger partial charge on any atom is -0.344 e. The third-order valence-corrected chi connectivity index (χ3v) is 7.06. The number of nitrogens with one attached hydrogen (secondary N) is 2. The van der Waals surface area contributed by atoms with Gasteiger partial charge in [0.15, 0.2) is 0 Å². The summed E-state index contributed by atoms with van der Waals surface area (Å²) in [7, 11) is 0. The summed E-state index contributed by atoms with van der Waals surface area (Å²) in [4.78, 5) is 38.7. The Morgan fingerprint density at radius 2 is 1.60 bits per heavy atom. The normalized spacial score (nSPS) is 15.4. The van der Waals surface area contributed by atoms with Crippen LogP contribution in [0.15, 0.2) is 78.9 Å². The summed E-state index contributed by atoms with van der Waals surface area (Å²) in [5.41, 5.74) is 7.32. The Morgan fingerprint density at radius 1 is 0.943 bits per heavy atom. The molecule has 0 fully saturated rings. The second kappa shape index (κ2) is 11.2. The summed E-state index contributed by atoms with van der Waals surface area (Å²) in [5, 5.41) is 4.07. The molecule has 7 heteroatoms. The summed E-state index contributed by atoms with van der Waals surface area (Å²) in [6, 6.07) is 24.6. The molecule has 180 valence electrons.